The Morgan fingerprint density at radius 3 is 2.53 bits per heavy atom. The molecule has 3 heteroatoms. The monoisotopic (exact) mass is 226 g/mol. The summed E-state index contributed by atoms with van der Waals surface area (Å²) in [6.45, 7) is 2.55. The fourth-order valence-electron chi connectivity index (χ4n) is 1.19. The van der Waals surface area contributed by atoms with Crippen molar-refractivity contribution in [3.8, 4) is 5.75 Å². The van der Waals surface area contributed by atoms with Crippen LogP contribution >= 0.6 is 11.8 Å². The van der Waals surface area contributed by atoms with Crippen LogP contribution in [-0.4, -0.2) is 24.1 Å². The largest absolute Gasteiger partial charge is 0.493 e. The fraction of sp³-hybridized carbons (Fsp3) is 0.500. The van der Waals surface area contributed by atoms with Gasteiger partial charge in [0.05, 0.1) is 12.7 Å². The number of aliphatic hydroxyl groups is 1. The molecule has 0 saturated carbocycles. The molecule has 0 radical (unpaired) electrons. The third-order valence-electron chi connectivity index (χ3n) is 2.25. The molecule has 1 rings (SSSR count). The normalized spacial score (nSPS) is 12.5. The number of rotatable bonds is 6. The van der Waals surface area contributed by atoms with Crippen molar-refractivity contribution in [3.05, 3.63) is 24.3 Å². The van der Waals surface area contributed by atoms with Gasteiger partial charge in [-0.2, -0.15) is 0 Å². The molecule has 0 spiro atoms. The molecule has 0 heterocycles. The van der Waals surface area contributed by atoms with E-state index in [2.05, 4.69) is 0 Å². The van der Waals surface area contributed by atoms with Crippen molar-refractivity contribution in [2.75, 3.05) is 12.9 Å². The number of ether oxygens (including phenoxy) is 1. The van der Waals surface area contributed by atoms with E-state index >= 15 is 0 Å². The maximum atomic E-state index is 9.33. The van der Waals surface area contributed by atoms with Gasteiger partial charge < -0.3 is 9.84 Å². The van der Waals surface area contributed by atoms with E-state index in [-0.39, 0.29) is 6.10 Å². The lowest BCUT2D eigenvalue weighted by molar-refractivity contribution is 0.135. The van der Waals surface area contributed by atoms with Crippen LogP contribution in [0.3, 0.4) is 0 Å². The van der Waals surface area contributed by atoms with Crippen LogP contribution in [0.25, 0.3) is 0 Å². The Morgan fingerprint density at radius 1 is 1.33 bits per heavy atom. The number of aliphatic hydroxyl groups excluding tert-OH is 1. The summed E-state index contributed by atoms with van der Waals surface area (Å²) in [5.74, 6) is 0.871. The van der Waals surface area contributed by atoms with Gasteiger partial charge in [-0.05, 0) is 36.9 Å². The lowest BCUT2D eigenvalue weighted by Gasteiger charge is -2.09. The third-order valence-corrected chi connectivity index (χ3v) is 2.99. The molecular formula is C12H18O2S. The predicted octanol–water partition coefficient (Wildman–Crippen LogP) is 2.95. The van der Waals surface area contributed by atoms with Gasteiger partial charge >= 0.3 is 0 Å². The molecule has 1 aromatic rings. The summed E-state index contributed by atoms with van der Waals surface area (Å²) < 4.78 is 5.51. The molecule has 0 amide bonds. The molecule has 1 N–H and O–H groups in total. The van der Waals surface area contributed by atoms with Gasteiger partial charge in [-0.1, -0.05) is 6.92 Å². The molecule has 0 aliphatic rings. The van der Waals surface area contributed by atoms with Crippen LogP contribution < -0.4 is 4.74 Å². The zero-order valence-corrected chi connectivity index (χ0v) is 10.1. The number of hydrogen-bond acceptors (Lipinski definition) is 3. The smallest absolute Gasteiger partial charge is 0.119 e. The standard InChI is InChI=1S/C12H18O2S/c1-3-10(13)8-9-14-11-4-6-12(15-2)7-5-11/h4-7,10,13H,3,8-9H2,1-2H3. The molecule has 1 unspecified atom stereocenters. The topological polar surface area (TPSA) is 29.5 Å². The van der Waals surface area contributed by atoms with Gasteiger partial charge in [-0.15, -0.1) is 11.8 Å². The number of hydrogen-bond donors (Lipinski definition) is 1. The van der Waals surface area contributed by atoms with Crippen LogP contribution in [0.15, 0.2) is 29.2 Å². The molecule has 0 saturated heterocycles. The van der Waals surface area contributed by atoms with Gasteiger partial charge in [-0.25, -0.2) is 0 Å². The number of thioether (sulfide) groups is 1. The highest BCUT2D eigenvalue weighted by Gasteiger charge is 2.00. The minimum atomic E-state index is -0.240. The molecule has 0 aliphatic carbocycles. The summed E-state index contributed by atoms with van der Waals surface area (Å²) in [6.07, 6.45) is 3.29. The summed E-state index contributed by atoms with van der Waals surface area (Å²) in [5.41, 5.74) is 0. The lowest BCUT2D eigenvalue weighted by atomic mass is 10.2. The Kier molecular flexibility index (Phi) is 5.58. The maximum absolute atomic E-state index is 9.33. The summed E-state index contributed by atoms with van der Waals surface area (Å²) in [5, 5.41) is 9.33. The van der Waals surface area contributed by atoms with Gasteiger partial charge in [0.25, 0.3) is 0 Å². The molecule has 0 aliphatic heterocycles. The van der Waals surface area contributed by atoms with Gasteiger partial charge in [0.2, 0.25) is 0 Å². The Morgan fingerprint density at radius 2 is 2.00 bits per heavy atom. The van der Waals surface area contributed by atoms with Crippen molar-refractivity contribution in [2.45, 2.75) is 30.8 Å². The van der Waals surface area contributed by atoms with E-state index in [4.69, 9.17) is 4.74 Å². The highest BCUT2D eigenvalue weighted by atomic mass is 32.2. The van der Waals surface area contributed by atoms with Gasteiger partial charge in [0.1, 0.15) is 5.75 Å². The Bertz CT molecular complexity index is 271. The van der Waals surface area contributed by atoms with E-state index in [1.807, 2.05) is 37.4 Å². The summed E-state index contributed by atoms with van der Waals surface area (Å²) >= 11 is 1.71. The van der Waals surface area contributed by atoms with E-state index in [1.54, 1.807) is 11.8 Å². The molecule has 84 valence electrons. The average Bonchev–Trinajstić information content (AvgIpc) is 2.29. The molecule has 0 aromatic heterocycles. The van der Waals surface area contributed by atoms with Gasteiger partial charge in [0.15, 0.2) is 0 Å². The highest BCUT2D eigenvalue weighted by Crippen LogP contribution is 2.19. The first-order valence-corrected chi connectivity index (χ1v) is 6.43. The van der Waals surface area contributed by atoms with E-state index in [9.17, 15) is 5.11 Å². The van der Waals surface area contributed by atoms with Crippen LogP contribution in [0.2, 0.25) is 0 Å². The van der Waals surface area contributed by atoms with Crippen molar-refractivity contribution < 1.29 is 9.84 Å². The first-order valence-electron chi connectivity index (χ1n) is 5.21. The zero-order chi connectivity index (χ0) is 11.1. The fourth-order valence-corrected chi connectivity index (χ4v) is 1.60. The van der Waals surface area contributed by atoms with Crippen molar-refractivity contribution in [1.82, 2.24) is 0 Å². The van der Waals surface area contributed by atoms with Crippen molar-refractivity contribution in [3.63, 3.8) is 0 Å². The van der Waals surface area contributed by atoms with E-state index < -0.39 is 0 Å². The van der Waals surface area contributed by atoms with Crippen molar-refractivity contribution >= 4 is 11.8 Å². The maximum Gasteiger partial charge on any atom is 0.119 e. The van der Waals surface area contributed by atoms with E-state index in [0.29, 0.717) is 13.0 Å². The van der Waals surface area contributed by atoms with Crippen LogP contribution in [0.4, 0.5) is 0 Å². The molecule has 0 bridgehead atoms. The summed E-state index contributed by atoms with van der Waals surface area (Å²) in [6, 6.07) is 8.00. The van der Waals surface area contributed by atoms with Crippen LogP contribution in [0, 0.1) is 0 Å². The Balaban J connectivity index is 2.31. The zero-order valence-electron chi connectivity index (χ0n) is 9.27. The van der Waals surface area contributed by atoms with Crippen LogP contribution in [0.5, 0.6) is 5.75 Å². The predicted molar refractivity (Wildman–Crippen MR) is 64.6 cm³/mol. The second-order valence-electron chi connectivity index (χ2n) is 3.37. The molecule has 2 nitrogen and oxygen atoms in total. The van der Waals surface area contributed by atoms with E-state index in [0.717, 1.165) is 12.2 Å². The second kappa shape index (κ2) is 6.75. The first kappa shape index (κ1) is 12.4. The molecule has 0 fully saturated rings. The molecule has 15 heavy (non-hydrogen) atoms. The van der Waals surface area contributed by atoms with Crippen molar-refractivity contribution in [2.24, 2.45) is 0 Å². The quantitative estimate of drug-likeness (QED) is 0.756. The van der Waals surface area contributed by atoms with Gasteiger partial charge in [0, 0.05) is 11.3 Å². The second-order valence-corrected chi connectivity index (χ2v) is 4.25. The molecular weight excluding hydrogens is 208 g/mol. The minimum absolute atomic E-state index is 0.240. The van der Waals surface area contributed by atoms with E-state index in [1.165, 1.54) is 4.90 Å². The molecule has 1 aromatic carbocycles. The molecule has 1 atom stereocenters. The Labute approximate surface area is 95.7 Å². The lowest BCUT2D eigenvalue weighted by Crippen LogP contribution is -2.10. The average molecular weight is 226 g/mol. The highest BCUT2D eigenvalue weighted by molar-refractivity contribution is 7.98. The number of benzene rings is 1. The van der Waals surface area contributed by atoms with Crippen LogP contribution in [-0.2, 0) is 0 Å². The van der Waals surface area contributed by atoms with Crippen LogP contribution in [0.1, 0.15) is 19.8 Å². The summed E-state index contributed by atoms with van der Waals surface area (Å²) in [7, 11) is 0. The third kappa shape index (κ3) is 4.58. The first-order chi connectivity index (χ1) is 7.26. The SMILES string of the molecule is CCC(O)CCOc1ccc(SC)cc1. The minimum Gasteiger partial charge on any atom is -0.493 e. The summed E-state index contributed by atoms with van der Waals surface area (Å²) in [4.78, 5) is 1.23. The van der Waals surface area contributed by atoms with Gasteiger partial charge in [-0.3, -0.25) is 0 Å². The van der Waals surface area contributed by atoms with Crippen molar-refractivity contribution in [1.29, 1.82) is 0 Å². The Hall–Kier alpha value is -0.670.